The van der Waals surface area contributed by atoms with E-state index in [-0.39, 0.29) is 11.9 Å². The molecule has 0 radical (unpaired) electrons. The van der Waals surface area contributed by atoms with Gasteiger partial charge in [0.15, 0.2) is 0 Å². The van der Waals surface area contributed by atoms with Crippen molar-refractivity contribution in [1.82, 2.24) is 15.3 Å². The molecule has 1 atom stereocenters. The Bertz CT molecular complexity index is 437. The minimum Gasteiger partial charge on any atom is -0.350 e. The van der Waals surface area contributed by atoms with Crippen LogP contribution in [0.4, 0.5) is 5.95 Å². The SMILES string of the molecule is C=C(Br)CNC(=O)C1CCCN1c1ncccn1. The predicted octanol–water partition coefficient (Wildman–Crippen LogP) is 1.47. The molecule has 1 unspecified atom stereocenters. The zero-order valence-corrected chi connectivity index (χ0v) is 11.6. The minimum absolute atomic E-state index is 0.000512. The number of anilines is 1. The molecule has 1 aliphatic rings. The molecule has 6 heteroatoms. The first-order valence-electron chi connectivity index (χ1n) is 5.83. The summed E-state index contributed by atoms with van der Waals surface area (Å²) in [6, 6.07) is 1.59. The first kappa shape index (κ1) is 13.0. The third kappa shape index (κ3) is 3.07. The number of rotatable bonds is 4. The van der Waals surface area contributed by atoms with E-state index >= 15 is 0 Å². The topological polar surface area (TPSA) is 58.1 Å². The summed E-state index contributed by atoms with van der Waals surface area (Å²) in [6.07, 6.45) is 5.19. The lowest BCUT2D eigenvalue weighted by molar-refractivity contribution is -0.122. The molecule has 2 heterocycles. The van der Waals surface area contributed by atoms with Gasteiger partial charge in [-0.25, -0.2) is 9.97 Å². The molecular formula is C12H15BrN4O. The number of nitrogens with one attached hydrogen (secondary N) is 1. The Morgan fingerprint density at radius 2 is 2.28 bits per heavy atom. The van der Waals surface area contributed by atoms with Crippen molar-refractivity contribution < 1.29 is 4.79 Å². The predicted molar refractivity (Wildman–Crippen MR) is 73.5 cm³/mol. The van der Waals surface area contributed by atoms with Crippen molar-refractivity contribution in [3.63, 3.8) is 0 Å². The summed E-state index contributed by atoms with van der Waals surface area (Å²) < 4.78 is 0.761. The average molecular weight is 311 g/mol. The van der Waals surface area contributed by atoms with Crippen molar-refractivity contribution in [2.24, 2.45) is 0 Å². The number of amides is 1. The molecule has 0 aliphatic carbocycles. The first-order chi connectivity index (χ1) is 8.68. The highest BCUT2D eigenvalue weighted by Crippen LogP contribution is 2.21. The molecule has 0 saturated carbocycles. The summed E-state index contributed by atoms with van der Waals surface area (Å²) in [6.45, 7) is 4.95. The van der Waals surface area contributed by atoms with Crippen molar-refractivity contribution >= 4 is 27.8 Å². The minimum atomic E-state index is -0.181. The summed E-state index contributed by atoms with van der Waals surface area (Å²) in [7, 11) is 0. The van der Waals surface area contributed by atoms with E-state index in [1.54, 1.807) is 18.5 Å². The molecule has 0 bridgehead atoms. The fourth-order valence-electron chi connectivity index (χ4n) is 2.02. The van der Waals surface area contributed by atoms with Crippen molar-refractivity contribution in [2.45, 2.75) is 18.9 Å². The van der Waals surface area contributed by atoms with E-state index in [0.717, 1.165) is 23.9 Å². The van der Waals surface area contributed by atoms with Gasteiger partial charge in [0.25, 0.3) is 0 Å². The molecule has 0 spiro atoms. The van der Waals surface area contributed by atoms with Gasteiger partial charge in [0.2, 0.25) is 11.9 Å². The number of aromatic nitrogens is 2. The van der Waals surface area contributed by atoms with Gasteiger partial charge in [0, 0.05) is 30.0 Å². The van der Waals surface area contributed by atoms with E-state index < -0.39 is 0 Å². The maximum Gasteiger partial charge on any atom is 0.243 e. The molecule has 96 valence electrons. The van der Waals surface area contributed by atoms with Crippen LogP contribution in [0.15, 0.2) is 29.5 Å². The number of carbonyl (C=O) groups is 1. The second-order valence-corrected chi connectivity index (χ2v) is 5.26. The summed E-state index contributed by atoms with van der Waals surface area (Å²) in [5, 5.41) is 2.84. The monoisotopic (exact) mass is 310 g/mol. The van der Waals surface area contributed by atoms with E-state index in [2.05, 4.69) is 37.8 Å². The highest BCUT2D eigenvalue weighted by Gasteiger charge is 2.31. The Morgan fingerprint density at radius 3 is 2.94 bits per heavy atom. The smallest absolute Gasteiger partial charge is 0.243 e. The van der Waals surface area contributed by atoms with Crippen molar-refractivity contribution in [3.8, 4) is 0 Å². The van der Waals surface area contributed by atoms with Gasteiger partial charge in [-0.2, -0.15) is 0 Å². The van der Waals surface area contributed by atoms with E-state index in [1.165, 1.54) is 0 Å². The molecule has 1 saturated heterocycles. The molecule has 2 rings (SSSR count). The highest BCUT2D eigenvalue weighted by atomic mass is 79.9. The molecule has 1 aromatic heterocycles. The Kier molecular flexibility index (Phi) is 4.30. The van der Waals surface area contributed by atoms with E-state index in [4.69, 9.17) is 0 Å². The number of hydrogen-bond donors (Lipinski definition) is 1. The molecule has 1 amide bonds. The number of nitrogens with zero attached hydrogens (tertiary/aromatic N) is 3. The lowest BCUT2D eigenvalue weighted by Crippen LogP contribution is -2.44. The largest absolute Gasteiger partial charge is 0.350 e. The van der Waals surface area contributed by atoms with Crippen LogP contribution in [-0.4, -0.2) is 35.0 Å². The van der Waals surface area contributed by atoms with E-state index in [1.807, 2.05) is 4.90 Å². The van der Waals surface area contributed by atoms with Gasteiger partial charge in [-0.05, 0) is 18.9 Å². The first-order valence-corrected chi connectivity index (χ1v) is 6.62. The van der Waals surface area contributed by atoms with Gasteiger partial charge >= 0.3 is 0 Å². The van der Waals surface area contributed by atoms with Crippen LogP contribution in [0.3, 0.4) is 0 Å². The molecule has 0 aromatic carbocycles. The van der Waals surface area contributed by atoms with E-state index in [9.17, 15) is 4.79 Å². The third-order valence-corrected chi connectivity index (χ3v) is 3.10. The number of halogens is 1. The van der Waals surface area contributed by atoms with Gasteiger partial charge in [0.05, 0.1) is 0 Å². The normalized spacial score (nSPS) is 18.7. The maximum atomic E-state index is 12.1. The fourth-order valence-corrected chi connectivity index (χ4v) is 2.16. The second kappa shape index (κ2) is 5.95. The van der Waals surface area contributed by atoms with Gasteiger partial charge in [-0.3, -0.25) is 4.79 Å². The Balaban J connectivity index is 2.03. The van der Waals surface area contributed by atoms with Crippen LogP contribution in [0, 0.1) is 0 Å². The molecule has 1 aromatic rings. The highest BCUT2D eigenvalue weighted by molar-refractivity contribution is 9.11. The quantitative estimate of drug-likeness (QED) is 0.915. The third-order valence-electron chi connectivity index (χ3n) is 2.82. The summed E-state index contributed by atoms with van der Waals surface area (Å²) >= 11 is 3.22. The Labute approximate surface area is 114 Å². The van der Waals surface area contributed by atoms with Crippen LogP contribution >= 0.6 is 15.9 Å². The molecule has 5 nitrogen and oxygen atoms in total. The standard InChI is InChI=1S/C12H15BrN4O/c1-9(13)8-16-11(18)10-4-2-7-17(10)12-14-5-3-6-15-12/h3,5-6,10H,1-2,4,7-8H2,(H,16,18). The van der Waals surface area contributed by atoms with Crippen LogP contribution in [0.5, 0.6) is 0 Å². The lowest BCUT2D eigenvalue weighted by Gasteiger charge is -2.23. The summed E-state index contributed by atoms with van der Waals surface area (Å²) in [5.41, 5.74) is 0. The molecule has 1 aliphatic heterocycles. The average Bonchev–Trinajstić information content (AvgIpc) is 2.86. The van der Waals surface area contributed by atoms with Crippen LogP contribution in [0.2, 0.25) is 0 Å². The Morgan fingerprint density at radius 1 is 1.56 bits per heavy atom. The van der Waals surface area contributed by atoms with Gasteiger partial charge < -0.3 is 10.2 Å². The molecule has 1 fully saturated rings. The van der Waals surface area contributed by atoms with Crippen molar-refractivity contribution in [3.05, 3.63) is 29.5 Å². The van der Waals surface area contributed by atoms with Crippen LogP contribution in [-0.2, 0) is 4.79 Å². The molecule has 18 heavy (non-hydrogen) atoms. The van der Waals surface area contributed by atoms with Crippen LogP contribution in [0.25, 0.3) is 0 Å². The molecular weight excluding hydrogens is 296 g/mol. The fraction of sp³-hybridized carbons (Fsp3) is 0.417. The van der Waals surface area contributed by atoms with Gasteiger partial charge in [-0.15, -0.1) is 0 Å². The van der Waals surface area contributed by atoms with Crippen LogP contribution in [0.1, 0.15) is 12.8 Å². The van der Waals surface area contributed by atoms with Gasteiger partial charge in [-0.1, -0.05) is 22.5 Å². The van der Waals surface area contributed by atoms with Crippen molar-refractivity contribution in [1.29, 1.82) is 0 Å². The summed E-state index contributed by atoms with van der Waals surface area (Å²) in [4.78, 5) is 22.4. The number of carbonyl (C=O) groups excluding carboxylic acids is 1. The van der Waals surface area contributed by atoms with Gasteiger partial charge in [0.1, 0.15) is 6.04 Å². The zero-order valence-electron chi connectivity index (χ0n) is 9.97. The van der Waals surface area contributed by atoms with Crippen molar-refractivity contribution in [2.75, 3.05) is 18.0 Å². The number of hydrogen-bond acceptors (Lipinski definition) is 4. The molecule has 1 N–H and O–H groups in total. The Hall–Kier alpha value is -1.43. The lowest BCUT2D eigenvalue weighted by atomic mass is 10.2. The second-order valence-electron chi connectivity index (χ2n) is 4.14. The van der Waals surface area contributed by atoms with E-state index in [0.29, 0.717) is 12.5 Å². The van der Waals surface area contributed by atoms with Crippen LogP contribution < -0.4 is 10.2 Å². The zero-order chi connectivity index (χ0) is 13.0. The maximum absolute atomic E-state index is 12.1. The summed E-state index contributed by atoms with van der Waals surface area (Å²) in [5.74, 6) is 0.619.